The summed E-state index contributed by atoms with van der Waals surface area (Å²) in [6.07, 6.45) is 1.76. The Morgan fingerprint density at radius 3 is 2.67 bits per heavy atom. The fraction of sp³-hybridized carbons (Fsp3) is 0.600. The molecule has 0 atom stereocenters. The van der Waals surface area contributed by atoms with Gasteiger partial charge in [0, 0.05) is 26.6 Å². The van der Waals surface area contributed by atoms with Crippen LogP contribution in [0.3, 0.4) is 0 Å². The minimum Gasteiger partial charge on any atom is -0.357 e. The molecule has 0 aromatic rings. The molecule has 86 valence electrons. The highest BCUT2D eigenvalue weighted by atomic mass is 16.1. The summed E-state index contributed by atoms with van der Waals surface area (Å²) in [7, 11) is 0. The number of hydrogen-bond donors (Lipinski definition) is 3. The minimum absolute atomic E-state index is 0.0331. The molecule has 5 nitrogen and oxygen atoms in total. The fourth-order valence-corrected chi connectivity index (χ4v) is 0.910. The lowest BCUT2D eigenvalue weighted by Crippen LogP contribution is -2.38. The molecule has 3 N–H and O–H groups in total. The van der Waals surface area contributed by atoms with Crippen LogP contribution in [-0.2, 0) is 4.79 Å². The molecule has 0 heterocycles. The first-order valence-electron chi connectivity index (χ1n) is 5.08. The summed E-state index contributed by atoms with van der Waals surface area (Å²) < 4.78 is 0. The molecule has 0 saturated heterocycles. The molecule has 1 amide bonds. The molecule has 0 rings (SSSR count). The van der Waals surface area contributed by atoms with Crippen LogP contribution in [0.1, 0.15) is 13.8 Å². The largest absolute Gasteiger partial charge is 0.357 e. The van der Waals surface area contributed by atoms with Gasteiger partial charge in [-0.3, -0.25) is 9.79 Å². The lowest BCUT2D eigenvalue weighted by atomic mass is 10.5. The quantitative estimate of drug-likeness (QED) is 0.248. The van der Waals surface area contributed by atoms with Crippen molar-refractivity contribution in [3.05, 3.63) is 12.7 Å². The first-order chi connectivity index (χ1) is 7.20. The summed E-state index contributed by atoms with van der Waals surface area (Å²) in [5.74, 6) is 0.706. The lowest BCUT2D eigenvalue weighted by Gasteiger charge is -2.09. The van der Waals surface area contributed by atoms with Crippen molar-refractivity contribution in [2.45, 2.75) is 13.8 Å². The summed E-state index contributed by atoms with van der Waals surface area (Å²) in [4.78, 5) is 14.8. The van der Waals surface area contributed by atoms with Crippen LogP contribution in [0.2, 0.25) is 0 Å². The Morgan fingerprint density at radius 1 is 1.40 bits per heavy atom. The average Bonchev–Trinajstić information content (AvgIpc) is 2.20. The Hall–Kier alpha value is -1.52. The van der Waals surface area contributed by atoms with Crippen molar-refractivity contribution < 1.29 is 4.79 Å². The van der Waals surface area contributed by atoms with Gasteiger partial charge in [0.15, 0.2) is 5.96 Å². The predicted molar refractivity (Wildman–Crippen MR) is 62.9 cm³/mol. The molecule has 0 aliphatic rings. The van der Waals surface area contributed by atoms with E-state index in [9.17, 15) is 4.79 Å². The van der Waals surface area contributed by atoms with E-state index in [4.69, 9.17) is 0 Å². The van der Waals surface area contributed by atoms with Crippen molar-refractivity contribution >= 4 is 11.9 Å². The van der Waals surface area contributed by atoms with Gasteiger partial charge in [-0.25, -0.2) is 0 Å². The molecule has 0 fully saturated rings. The van der Waals surface area contributed by atoms with Gasteiger partial charge in [0.1, 0.15) is 0 Å². The Labute approximate surface area is 91.0 Å². The van der Waals surface area contributed by atoms with E-state index in [1.165, 1.54) is 6.92 Å². The topological polar surface area (TPSA) is 65.5 Å². The van der Waals surface area contributed by atoms with E-state index >= 15 is 0 Å². The Morgan fingerprint density at radius 2 is 2.13 bits per heavy atom. The van der Waals surface area contributed by atoms with E-state index in [0.29, 0.717) is 19.6 Å². The van der Waals surface area contributed by atoms with Crippen molar-refractivity contribution in [2.75, 3.05) is 26.2 Å². The molecule has 0 aromatic heterocycles. The molecule has 5 heteroatoms. The van der Waals surface area contributed by atoms with Crippen molar-refractivity contribution in [1.29, 1.82) is 0 Å². The summed E-state index contributed by atoms with van der Waals surface area (Å²) in [5, 5.41) is 8.83. The van der Waals surface area contributed by atoms with Crippen LogP contribution in [0.5, 0.6) is 0 Å². The average molecular weight is 212 g/mol. The number of carbonyl (C=O) groups is 1. The predicted octanol–water partition coefficient (Wildman–Crippen LogP) is -0.136. The van der Waals surface area contributed by atoms with Crippen molar-refractivity contribution in [1.82, 2.24) is 16.0 Å². The maximum absolute atomic E-state index is 10.6. The number of rotatable bonds is 6. The van der Waals surface area contributed by atoms with Crippen LogP contribution < -0.4 is 16.0 Å². The van der Waals surface area contributed by atoms with Crippen LogP contribution in [0, 0.1) is 0 Å². The number of carbonyl (C=O) groups excluding carboxylic acids is 1. The number of amides is 1. The van der Waals surface area contributed by atoms with E-state index < -0.39 is 0 Å². The molecule has 0 aliphatic heterocycles. The SMILES string of the molecule is C=CCNC(=NCCNC(C)=O)NCC. The second kappa shape index (κ2) is 9.05. The highest BCUT2D eigenvalue weighted by Gasteiger charge is 1.94. The molecule has 0 radical (unpaired) electrons. The third-order valence-corrected chi connectivity index (χ3v) is 1.51. The Bertz CT molecular complexity index is 225. The summed E-state index contributed by atoms with van der Waals surface area (Å²) in [6.45, 7) is 9.70. The maximum atomic E-state index is 10.6. The van der Waals surface area contributed by atoms with Crippen molar-refractivity contribution in [3.63, 3.8) is 0 Å². The van der Waals surface area contributed by atoms with Crippen LogP contribution in [0.25, 0.3) is 0 Å². The number of aliphatic imine (C=N–C) groups is 1. The van der Waals surface area contributed by atoms with E-state index in [1.807, 2.05) is 6.92 Å². The van der Waals surface area contributed by atoms with Crippen LogP contribution in [-0.4, -0.2) is 38.0 Å². The zero-order chi connectivity index (χ0) is 11.5. The van der Waals surface area contributed by atoms with Crippen molar-refractivity contribution in [3.8, 4) is 0 Å². The Kier molecular flexibility index (Phi) is 8.13. The van der Waals surface area contributed by atoms with Crippen LogP contribution >= 0.6 is 0 Å². The number of guanidine groups is 1. The van der Waals surface area contributed by atoms with Crippen molar-refractivity contribution in [2.24, 2.45) is 4.99 Å². The fourth-order valence-electron chi connectivity index (χ4n) is 0.910. The highest BCUT2D eigenvalue weighted by Crippen LogP contribution is 1.73. The zero-order valence-corrected chi connectivity index (χ0v) is 9.47. The van der Waals surface area contributed by atoms with E-state index in [2.05, 4.69) is 27.5 Å². The van der Waals surface area contributed by atoms with Gasteiger partial charge in [0.2, 0.25) is 5.91 Å². The van der Waals surface area contributed by atoms with Gasteiger partial charge in [0.05, 0.1) is 6.54 Å². The molecule has 0 unspecified atom stereocenters. The second-order valence-corrected chi connectivity index (χ2v) is 2.91. The maximum Gasteiger partial charge on any atom is 0.216 e. The third-order valence-electron chi connectivity index (χ3n) is 1.51. The standard InChI is InChI=1S/C10H20N4O/c1-4-6-13-10(11-5-2)14-8-7-12-9(3)15/h4H,1,5-8H2,2-3H3,(H,12,15)(H2,11,13,14). The van der Waals surface area contributed by atoms with Crippen LogP contribution in [0.4, 0.5) is 0 Å². The van der Waals surface area contributed by atoms with Gasteiger partial charge in [-0.2, -0.15) is 0 Å². The van der Waals surface area contributed by atoms with Gasteiger partial charge in [-0.1, -0.05) is 6.08 Å². The van der Waals surface area contributed by atoms with Gasteiger partial charge in [-0.05, 0) is 6.92 Å². The normalized spacial score (nSPS) is 10.7. The summed E-state index contributed by atoms with van der Waals surface area (Å²) in [6, 6.07) is 0. The highest BCUT2D eigenvalue weighted by molar-refractivity contribution is 5.79. The molecule has 15 heavy (non-hydrogen) atoms. The minimum atomic E-state index is -0.0331. The molecular weight excluding hydrogens is 192 g/mol. The molecular formula is C10H20N4O. The van der Waals surface area contributed by atoms with E-state index in [0.717, 1.165) is 12.5 Å². The van der Waals surface area contributed by atoms with Crippen LogP contribution in [0.15, 0.2) is 17.6 Å². The summed E-state index contributed by atoms with van der Waals surface area (Å²) in [5.41, 5.74) is 0. The monoisotopic (exact) mass is 212 g/mol. The van der Waals surface area contributed by atoms with Gasteiger partial charge in [0.25, 0.3) is 0 Å². The molecule has 0 aromatic carbocycles. The van der Waals surface area contributed by atoms with Gasteiger partial charge in [-0.15, -0.1) is 6.58 Å². The Balaban J connectivity index is 3.82. The lowest BCUT2D eigenvalue weighted by molar-refractivity contribution is -0.118. The first kappa shape index (κ1) is 13.5. The number of nitrogens with zero attached hydrogens (tertiary/aromatic N) is 1. The van der Waals surface area contributed by atoms with Gasteiger partial charge < -0.3 is 16.0 Å². The van der Waals surface area contributed by atoms with Gasteiger partial charge >= 0.3 is 0 Å². The zero-order valence-electron chi connectivity index (χ0n) is 9.47. The molecule has 0 spiro atoms. The smallest absolute Gasteiger partial charge is 0.216 e. The number of nitrogens with one attached hydrogen (secondary N) is 3. The van der Waals surface area contributed by atoms with E-state index in [1.54, 1.807) is 6.08 Å². The molecule has 0 aliphatic carbocycles. The molecule has 0 bridgehead atoms. The summed E-state index contributed by atoms with van der Waals surface area (Å²) >= 11 is 0. The number of hydrogen-bond acceptors (Lipinski definition) is 2. The first-order valence-corrected chi connectivity index (χ1v) is 5.08. The third kappa shape index (κ3) is 8.80. The molecule has 0 saturated carbocycles. The second-order valence-electron chi connectivity index (χ2n) is 2.91. The van der Waals surface area contributed by atoms with E-state index in [-0.39, 0.29) is 5.91 Å².